The lowest BCUT2D eigenvalue weighted by Crippen LogP contribution is -2.35. The predicted octanol–water partition coefficient (Wildman–Crippen LogP) is 3.09. The first kappa shape index (κ1) is 19.0. The summed E-state index contributed by atoms with van der Waals surface area (Å²) in [4.78, 5) is 14.9. The van der Waals surface area contributed by atoms with E-state index in [0.717, 1.165) is 25.0 Å². The lowest BCUT2D eigenvalue weighted by atomic mass is 10.1. The van der Waals surface area contributed by atoms with Gasteiger partial charge in [0.05, 0.1) is 38.9 Å². The van der Waals surface area contributed by atoms with Gasteiger partial charge in [-0.3, -0.25) is 9.69 Å². The van der Waals surface area contributed by atoms with Crippen molar-refractivity contribution in [3.05, 3.63) is 22.6 Å². The Labute approximate surface area is 162 Å². The number of amides is 1. The zero-order valence-electron chi connectivity index (χ0n) is 14.9. The third-order valence-electron chi connectivity index (χ3n) is 4.27. The zero-order chi connectivity index (χ0) is 18.7. The number of thiocarbonyl (C=S) groups is 1. The van der Waals surface area contributed by atoms with Crippen molar-refractivity contribution in [1.82, 2.24) is 4.90 Å². The molecule has 2 aliphatic rings. The van der Waals surface area contributed by atoms with E-state index in [0.29, 0.717) is 33.0 Å². The van der Waals surface area contributed by atoms with Gasteiger partial charge in [-0.2, -0.15) is 0 Å². The second kappa shape index (κ2) is 8.28. The molecule has 8 heteroatoms. The van der Waals surface area contributed by atoms with E-state index in [2.05, 4.69) is 0 Å². The number of nitrogens with zero attached hydrogens (tertiary/aromatic N) is 1. The van der Waals surface area contributed by atoms with Gasteiger partial charge in [-0.05, 0) is 36.6 Å². The van der Waals surface area contributed by atoms with Crippen LogP contribution in [0.25, 0.3) is 6.08 Å². The second-order valence-electron chi connectivity index (χ2n) is 5.89. The molecule has 2 aliphatic heterocycles. The van der Waals surface area contributed by atoms with Gasteiger partial charge in [0.1, 0.15) is 4.32 Å². The van der Waals surface area contributed by atoms with Crippen molar-refractivity contribution in [2.75, 3.05) is 34.5 Å². The van der Waals surface area contributed by atoms with E-state index in [1.54, 1.807) is 44.4 Å². The molecule has 1 atom stereocenters. The average molecular weight is 396 g/mol. The number of carbonyl (C=O) groups excluding carboxylic acids is 1. The minimum absolute atomic E-state index is 0.0676. The summed E-state index contributed by atoms with van der Waals surface area (Å²) in [6.07, 6.45) is 3.85. The van der Waals surface area contributed by atoms with E-state index in [4.69, 9.17) is 31.2 Å². The Balaban J connectivity index is 1.85. The molecule has 0 spiro atoms. The molecule has 2 fully saturated rings. The molecule has 26 heavy (non-hydrogen) atoms. The highest BCUT2D eigenvalue weighted by molar-refractivity contribution is 8.26. The number of hydrogen-bond acceptors (Lipinski definition) is 7. The van der Waals surface area contributed by atoms with Gasteiger partial charge in [0.15, 0.2) is 11.5 Å². The van der Waals surface area contributed by atoms with E-state index in [-0.39, 0.29) is 12.0 Å². The van der Waals surface area contributed by atoms with Crippen molar-refractivity contribution in [3.63, 3.8) is 0 Å². The largest absolute Gasteiger partial charge is 0.493 e. The van der Waals surface area contributed by atoms with Crippen LogP contribution in [0.1, 0.15) is 18.4 Å². The predicted molar refractivity (Wildman–Crippen MR) is 105 cm³/mol. The minimum atomic E-state index is -0.0933. The third kappa shape index (κ3) is 3.82. The highest BCUT2D eigenvalue weighted by Crippen LogP contribution is 2.40. The summed E-state index contributed by atoms with van der Waals surface area (Å²) in [5.41, 5.74) is 0.775. The van der Waals surface area contributed by atoms with Gasteiger partial charge in [0.2, 0.25) is 5.75 Å². The summed E-state index contributed by atoms with van der Waals surface area (Å²) in [6.45, 7) is 1.26. The van der Waals surface area contributed by atoms with Crippen LogP contribution in [-0.4, -0.2) is 55.7 Å². The molecule has 0 aliphatic carbocycles. The van der Waals surface area contributed by atoms with Crippen molar-refractivity contribution in [2.24, 2.45) is 0 Å². The van der Waals surface area contributed by atoms with Crippen LogP contribution in [0.3, 0.4) is 0 Å². The zero-order valence-corrected chi connectivity index (χ0v) is 16.6. The van der Waals surface area contributed by atoms with Crippen LogP contribution in [-0.2, 0) is 9.53 Å². The number of carbonyl (C=O) groups is 1. The SMILES string of the molecule is COc1cc(/C=C2/SC(=S)N(C[C@H]3CCCO3)C2=O)cc(OC)c1OC. The van der Waals surface area contributed by atoms with Crippen molar-refractivity contribution in [3.8, 4) is 17.2 Å². The number of thioether (sulfide) groups is 1. The summed E-state index contributed by atoms with van der Waals surface area (Å²) in [7, 11) is 4.67. The molecule has 3 rings (SSSR count). The second-order valence-corrected chi connectivity index (χ2v) is 7.56. The molecule has 0 bridgehead atoms. The maximum atomic E-state index is 12.7. The summed E-state index contributed by atoms with van der Waals surface area (Å²) < 4.78 is 22.2. The van der Waals surface area contributed by atoms with Gasteiger partial charge >= 0.3 is 0 Å². The Morgan fingerprint density at radius 1 is 1.27 bits per heavy atom. The van der Waals surface area contributed by atoms with Crippen molar-refractivity contribution in [1.29, 1.82) is 0 Å². The van der Waals surface area contributed by atoms with E-state index in [1.165, 1.54) is 11.8 Å². The van der Waals surface area contributed by atoms with Crippen molar-refractivity contribution < 1.29 is 23.7 Å². The Morgan fingerprint density at radius 3 is 2.50 bits per heavy atom. The van der Waals surface area contributed by atoms with Gasteiger partial charge in [-0.15, -0.1) is 0 Å². The molecule has 1 aromatic carbocycles. The van der Waals surface area contributed by atoms with E-state index in [9.17, 15) is 4.79 Å². The van der Waals surface area contributed by atoms with Crippen molar-refractivity contribution >= 4 is 40.3 Å². The normalized spacial score (nSPS) is 21.6. The number of rotatable bonds is 6. The molecule has 0 saturated carbocycles. The Morgan fingerprint density at radius 2 is 1.96 bits per heavy atom. The monoisotopic (exact) mass is 395 g/mol. The fourth-order valence-corrected chi connectivity index (χ4v) is 4.26. The van der Waals surface area contributed by atoms with Crippen LogP contribution < -0.4 is 14.2 Å². The minimum Gasteiger partial charge on any atom is -0.493 e. The molecule has 0 N–H and O–H groups in total. The third-order valence-corrected chi connectivity index (χ3v) is 5.65. The molecule has 6 nitrogen and oxygen atoms in total. The molecule has 1 amide bonds. The van der Waals surface area contributed by atoms with Gasteiger partial charge in [-0.25, -0.2) is 0 Å². The Kier molecular flexibility index (Phi) is 6.05. The maximum absolute atomic E-state index is 12.7. The molecule has 2 saturated heterocycles. The van der Waals surface area contributed by atoms with E-state index >= 15 is 0 Å². The summed E-state index contributed by atoms with van der Waals surface area (Å²) >= 11 is 6.68. The Hall–Kier alpha value is -1.77. The number of ether oxygens (including phenoxy) is 4. The highest BCUT2D eigenvalue weighted by Gasteiger charge is 2.34. The number of hydrogen-bond donors (Lipinski definition) is 0. The van der Waals surface area contributed by atoms with Crippen LogP contribution in [0.5, 0.6) is 17.2 Å². The standard InChI is InChI=1S/C18H21NO5S2/c1-21-13-7-11(8-14(22-2)16(13)23-3)9-15-17(20)19(18(25)26-15)10-12-5-4-6-24-12/h7-9,12H,4-6,10H2,1-3H3/b15-9+/t12-/m1/s1. The number of methoxy groups -OCH3 is 3. The molecule has 0 radical (unpaired) electrons. The fourth-order valence-electron chi connectivity index (χ4n) is 2.99. The lowest BCUT2D eigenvalue weighted by molar-refractivity contribution is -0.123. The van der Waals surface area contributed by atoms with Gasteiger partial charge in [-0.1, -0.05) is 24.0 Å². The first-order valence-electron chi connectivity index (χ1n) is 8.24. The molecular weight excluding hydrogens is 374 g/mol. The Bertz CT molecular complexity index is 718. The number of benzene rings is 1. The molecule has 0 unspecified atom stereocenters. The first-order chi connectivity index (χ1) is 12.6. The summed E-state index contributed by atoms with van der Waals surface area (Å²) in [5.74, 6) is 1.49. The van der Waals surface area contributed by atoms with Gasteiger partial charge in [0, 0.05) is 6.61 Å². The highest BCUT2D eigenvalue weighted by atomic mass is 32.2. The van der Waals surface area contributed by atoms with Crippen LogP contribution >= 0.6 is 24.0 Å². The maximum Gasteiger partial charge on any atom is 0.266 e. The summed E-state index contributed by atoms with van der Waals surface area (Å²) in [5, 5.41) is 0. The molecule has 140 valence electrons. The topological polar surface area (TPSA) is 57.2 Å². The average Bonchev–Trinajstić information content (AvgIpc) is 3.25. The fraction of sp³-hybridized carbons (Fsp3) is 0.444. The van der Waals surface area contributed by atoms with Crippen LogP contribution in [0.4, 0.5) is 0 Å². The van der Waals surface area contributed by atoms with Gasteiger partial charge in [0.25, 0.3) is 5.91 Å². The van der Waals surface area contributed by atoms with E-state index < -0.39 is 0 Å². The van der Waals surface area contributed by atoms with Crippen LogP contribution in [0, 0.1) is 0 Å². The molecule has 0 aromatic heterocycles. The molecular formula is C18H21NO5S2. The molecule has 1 aromatic rings. The quantitative estimate of drug-likeness (QED) is 0.542. The first-order valence-corrected chi connectivity index (χ1v) is 9.46. The van der Waals surface area contributed by atoms with E-state index in [1.807, 2.05) is 0 Å². The van der Waals surface area contributed by atoms with Crippen LogP contribution in [0.2, 0.25) is 0 Å². The van der Waals surface area contributed by atoms with Crippen molar-refractivity contribution in [2.45, 2.75) is 18.9 Å². The smallest absolute Gasteiger partial charge is 0.266 e. The summed E-state index contributed by atoms with van der Waals surface area (Å²) in [6, 6.07) is 3.60. The van der Waals surface area contributed by atoms with Crippen LogP contribution in [0.15, 0.2) is 17.0 Å². The van der Waals surface area contributed by atoms with Gasteiger partial charge < -0.3 is 18.9 Å². The molecule has 2 heterocycles. The lowest BCUT2D eigenvalue weighted by Gasteiger charge is -2.18.